The van der Waals surface area contributed by atoms with Gasteiger partial charge >= 0.3 is 5.63 Å². The molecule has 7 heteroatoms. The SMILES string of the molecule is Cc1cc(=O)oc2cc(NC(=O)[C@H]3CCCN(C(=O)c4ccc(Cl)cc4)C3)ccc12. The average Bonchev–Trinajstić information content (AvgIpc) is 2.73. The van der Waals surface area contributed by atoms with Crippen molar-refractivity contribution >= 4 is 40.1 Å². The minimum Gasteiger partial charge on any atom is -0.423 e. The lowest BCUT2D eigenvalue weighted by Gasteiger charge is -2.32. The van der Waals surface area contributed by atoms with E-state index in [0.29, 0.717) is 41.4 Å². The molecule has 1 N–H and O–H groups in total. The first-order valence-corrected chi connectivity index (χ1v) is 10.2. The molecule has 1 saturated heterocycles. The Kier molecular flexibility index (Phi) is 5.59. The van der Waals surface area contributed by atoms with Crippen LogP contribution in [0.1, 0.15) is 28.8 Å². The predicted molar refractivity (Wildman–Crippen MR) is 116 cm³/mol. The summed E-state index contributed by atoms with van der Waals surface area (Å²) in [6, 6.07) is 13.5. The standard InChI is InChI=1S/C23H21ClN2O4/c1-14-11-21(27)30-20-12-18(8-9-19(14)20)25-22(28)16-3-2-10-26(13-16)23(29)15-4-6-17(24)7-5-15/h4-9,11-12,16H,2-3,10,13H2,1H3,(H,25,28)/t16-/m0/s1. The molecule has 2 amide bonds. The summed E-state index contributed by atoms with van der Waals surface area (Å²) >= 11 is 5.90. The molecule has 0 radical (unpaired) electrons. The number of halogens is 1. The third kappa shape index (κ3) is 4.24. The zero-order chi connectivity index (χ0) is 21.3. The maximum absolute atomic E-state index is 12.8. The monoisotopic (exact) mass is 424 g/mol. The fourth-order valence-electron chi connectivity index (χ4n) is 3.80. The van der Waals surface area contributed by atoms with Crippen LogP contribution in [0.4, 0.5) is 5.69 Å². The van der Waals surface area contributed by atoms with Crippen molar-refractivity contribution in [3.63, 3.8) is 0 Å². The van der Waals surface area contributed by atoms with Crippen LogP contribution in [0.2, 0.25) is 5.02 Å². The Labute approximate surface area is 178 Å². The van der Waals surface area contributed by atoms with Crippen molar-refractivity contribution in [2.75, 3.05) is 18.4 Å². The highest BCUT2D eigenvalue weighted by Crippen LogP contribution is 2.24. The maximum atomic E-state index is 12.8. The highest BCUT2D eigenvalue weighted by atomic mass is 35.5. The highest BCUT2D eigenvalue weighted by molar-refractivity contribution is 6.30. The molecule has 1 atom stereocenters. The van der Waals surface area contributed by atoms with Gasteiger partial charge < -0.3 is 14.6 Å². The molecule has 0 spiro atoms. The molecule has 1 aliphatic rings. The van der Waals surface area contributed by atoms with Gasteiger partial charge in [0.2, 0.25) is 5.91 Å². The summed E-state index contributed by atoms with van der Waals surface area (Å²) in [6.07, 6.45) is 1.46. The van der Waals surface area contributed by atoms with Gasteiger partial charge in [-0.3, -0.25) is 9.59 Å². The predicted octanol–water partition coefficient (Wildman–Crippen LogP) is 4.25. The van der Waals surface area contributed by atoms with E-state index in [2.05, 4.69) is 5.32 Å². The van der Waals surface area contributed by atoms with E-state index in [1.807, 2.05) is 13.0 Å². The molecule has 30 heavy (non-hydrogen) atoms. The normalized spacial score (nSPS) is 16.5. The molecule has 4 rings (SSSR count). The van der Waals surface area contributed by atoms with Gasteiger partial charge in [0.05, 0.1) is 5.92 Å². The maximum Gasteiger partial charge on any atom is 0.336 e. The molecule has 6 nitrogen and oxygen atoms in total. The molecule has 2 aromatic carbocycles. The largest absolute Gasteiger partial charge is 0.423 e. The summed E-state index contributed by atoms with van der Waals surface area (Å²) in [7, 11) is 0. The van der Waals surface area contributed by atoms with E-state index in [1.54, 1.807) is 41.3 Å². The first kappa shape index (κ1) is 20.2. The Hall–Kier alpha value is -3.12. The van der Waals surface area contributed by atoms with Crippen LogP contribution in [0.25, 0.3) is 11.0 Å². The van der Waals surface area contributed by atoms with Gasteiger partial charge in [0.25, 0.3) is 5.91 Å². The molecule has 0 unspecified atom stereocenters. The number of hydrogen-bond donors (Lipinski definition) is 1. The van der Waals surface area contributed by atoms with Crippen molar-refractivity contribution < 1.29 is 14.0 Å². The molecule has 3 aromatic rings. The molecule has 154 valence electrons. The van der Waals surface area contributed by atoms with E-state index in [0.717, 1.165) is 17.4 Å². The van der Waals surface area contributed by atoms with E-state index in [9.17, 15) is 14.4 Å². The van der Waals surface area contributed by atoms with Crippen molar-refractivity contribution in [1.29, 1.82) is 0 Å². The Balaban J connectivity index is 1.47. The van der Waals surface area contributed by atoms with Crippen LogP contribution in [0.5, 0.6) is 0 Å². The van der Waals surface area contributed by atoms with Crippen LogP contribution < -0.4 is 10.9 Å². The summed E-state index contributed by atoms with van der Waals surface area (Å²) in [5, 5.41) is 4.29. The van der Waals surface area contributed by atoms with Gasteiger partial charge in [-0.1, -0.05) is 11.6 Å². The Morgan fingerprint density at radius 1 is 1.13 bits per heavy atom. The van der Waals surface area contributed by atoms with Crippen LogP contribution >= 0.6 is 11.6 Å². The molecule has 1 fully saturated rings. The van der Waals surface area contributed by atoms with Crippen molar-refractivity contribution in [3.8, 4) is 0 Å². The first-order valence-electron chi connectivity index (χ1n) is 9.81. The number of nitrogens with zero attached hydrogens (tertiary/aromatic N) is 1. The number of anilines is 1. The van der Waals surface area contributed by atoms with Crippen molar-refractivity contribution in [1.82, 2.24) is 4.90 Å². The fourth-order valence-corrected chi connectivity index (χ4v) is 3.92. The van der Waals surface area contributed by atoms with Crippen LogP contribution in [0, 0.1) is 12.8 Å². The third-order valence-corrected chi connectivity index (χ3v) is 5.64. The summed E-state index contributed by atoms with van der Waals surface area (Å²) < 4.78 is 5.25. The number of carbonyl (C=O) groups is 2. The van der Waals surface area contributed by atoms with E-state index < -0.39 is 5.63 Å². The topological polar surface area (TPSA) is 79.6 Å². The number of fused-ring (bicyclic) bond motifs is 1. The minimum atomic E-state index is -0.424. The van der Waals surface area contributed by atoms with Crippen LogP contribution in [0.3, 0.4) is 0 Å². The molecular formula is C23H21ClN2O4. The first-order chi connectivity index (χ1) is 14.4. The number of amides is 2. The second kappa shape index (κ2) is 8.32. The quantitative estimate of drug-likeness (QED) is 0.637. The number of benzene rings is 2. The Bertz CT molecular complexity index is 1170. The van der Waals surface area contributed by atoms with E-state index in [1.165, 1.54) is 6.07 Å². The van der Waals surface area contributed by atoms with Crippen LogP contribution in [0.15, 0.2) is 57.7 Å². The number of rotatable bonds is 3. The van der Waals surface area contributed by atoms with Gasteiger partial charge in [-0.25, -0.2) is 4.79 Å². The third-order valence-electron chi connectivity index (χ3n) is 5.39. The lowest BCUT2D eigenvalue weighted by atomic mass is 9.96. The lowest BCUT2D eigenvalue weighted by Crippen LogP contribution is -2.43. The number of carbonyl (C=O) groups excluding carboxylic acids is 2. The summed E-state index contributed by atoms with van der Waals surface area (Å²) in [5.74, 6) is -0.569. The van der Waals surface area contributed by atoms with Gasteiger partial charge in [0.1, 0.15) is 5.58 Å². The van der Waals surface area contributed by atoms with Crippen LogP contribution in [-0.4, -0.2) is 29.8 Å². The lowest BCUT2D eigenvalue weighted by molar-refractivity contribution is -0.121. The number of nitrogens with one attached hydrogen (secondary N) is 1. The fraction of sp³-hybridized carbons (Fsp3) is 0.261. The van der Waals surface area contributed by atoms with Crippen molar-refractivity contribution in [2.24, 2.45) is 5.92 Å². The smallest absolute Gasteiger partial charge is 0.336 e. The van der Waals surface area contributed by atoms with Gasteiger partial charge in [-0.05, 0) is 61.7 Å². The minimum absolute atomic E-state index is 0.105. The van der Waals surface area contributed by atoms with Gasteiger partial charge in [-0.15, -0.1) is 0 Å². The zero-order valence-corrected chi connectivity index (χ0v) is 17.2. The summed E-state index contributed by atoms with van der Waals surface area (Å²) in [6.45, 7) is 2.81. The number of aryl methyl sites for hydroxylation is 1. The number of likely N-dealkylation sites (tertiary alicyclic amines) is 1. The van der Waals surface area contributed by atoms with Gasteiger partial charge in [-0.2, -0.15) is 0 Å². The van der Waals surface area contributed by atoms with Crippen molar-refractivity contribution in [3.05, 3.63) is 75.1 Å². The molecule has 1 aromatic heterocycles. The molecule has 2 heterocycles. The summed E-state index contributed by atoms with van der Waals surface area (Å²) in [4.78, 5) is 38.9. The van der Waals surface area contributed by atoms with E-state index >= 15 is 0 Å². The van der Waals surface area contributed by atoms with E-state index in [-0.39, 0.29) is 17.7 Å². The Morgan fingerprint density at radius 2 is 1.90 bits per heavy atom. The number of hydrogen-bond acceptors (Lipinski definition) is 4. The highest BCUT2D eigenvalue weighted by Gasteiger charge is 2.29. The molecule has 1 aliphatic heterocycles. The van der Waals surface area contributed by atoms with Gasteiger partial charge in [0.15, 0.2) is 0 Å². The molecular weight excluding hydrogens is 404 g/mol. The second-order valence-electron chi connectivity index (χ2n) is 7.55. The van der Waals surface area contributed by atoms with Crippen molar-refractivity contribution in [2.45, 2.75) is 19.8 Å². The molecule has 0 bridgehead atoms. The van der Waals surface area contributed by atoms with Gasteiger partial charge in [0, 0.05) is 46.9 Å². The van der Waals surface area contributed by atoms with Crippen LogP contribution in [-0.2, 0) is 4.79 Å². The Morgan fingerprint density at radius 3 is 2.67 bits per heavy atom. The average molecular weight is 425 g/mol. The van der Waals surface area contributed by atoms with E-state index in [4.69, 9.17) is 16.0 Å². The molecule has 0 aliphatic carbocycles. The number of piperidine rings is 1. The zero-order valence-electron chi connectivity index (χ0n) is 16.5. The molecule has 0 saturated carbocycles. The summed E-state index contributed by atoms with van der Waals surface area (Å²) in [5.41, 5.74) is 1.94. The second-order valence-corrected chi connectivity index (χ2v) is 7.98.